The fourth-order valence-electron chi connectivity index (χ4n) is 3.02. The molecule has 6 heteroatoms. The number of nitrogens with one attached hydrogen (secondary N) is 1. The molecule has 1 amide bonds. The SMILES string of the molecule is Cc1nn(C)c(C)c1CC(=O)Nc1ccc(N2CCOCC2)cc1. The number of morpholine rings is 1. The van der Waals surface area contributed by atoms with Gasteiger partial charge in [-0.15, -0.1) is 0 Å². The number of hydrogen-bond acceptors (Lipinski definition) is 4. The Morgan fingerprint density at radius 2 is 1.88 bits per heavy atom. The number of aromatic nitrogens is 2. The van der Waals surface area contributed by atoms with Crippen molar-refractivity contribution in [1.82, 2.24) is 9.78 Å². The molecule has 1 aliphatic rings. The molecule has 1 N–H and O–H groups in total. The topological polar surface area (TPSA) is 59.4 Å². The minimum Gasteiger partial charge on any atom is -0.378 e. The summed E-state index contributed by atoms with van der Waals surface area (Å²) in [6, 6.07) is 7.99. The fourth-order valence-corrected chi connectivity index (χ4v) is 3.02. The van der Waals surface area contributed by atoms with Gasteiger partial charge < -0.3 is 15.0 Å². The van der Waals surface area contributed by atoms with Gasteiger partial charge in [0.2, 0.25) is 5.91 Å². The van der Waals surface area contributed by atoms with Crippen LogP contribution in [-0.4, -0.2) is 42.0 Å². The minimum absolute atomic E-state index is 0.0201. The highest BCUT2D eigenvalue weighted by molar-refractivity contribution is 5.92. The summed E-state index contributed by atoms with van der Waals surface area (Å²) in [5.41, 5.74) is 4.92. The van der Waals surface area contributed by atoms with Gasteiger partial charge in [0, 0.05) is 42.8 Å². The summed E-state index contributed by atoms with van der Waals surface area (Å²) in [7, 11) is 1.90. The van der Waals surface area contributed by atoms with E-state index in [1.165, 1.54) is 0 Å². The van der Waals surface area contributed by atoms with E-state index in [-0.39, 0.29) is 5.91 Å². The average Bonchev–Trinajstić information content (AvgIpc) is 2.82. The molecule has 24 heavy (non-hydrogen) atoms. The molecule has 1 saturated heterocycles. The van der Waals surface area contributed by atoms with Crippen LogP contribution in [0.1, 0.15) is 17.0 Å². The second-order valence-electron chi connectivity index (χ2n) is 6.14. The molecule has 0 saturated carbocycles. The normalized spacial score (nSPS) is 14.7. The van der Waals surface area contributed by atoms with E-state index >= 15 is 0 Å². The molecule has 0 atom stereocenters. The fraction of sp³-hybridized carbons (Fsp3) is 0.444. The van der Waals surface area contributed by atoms with Gasteiger partial charge in [0.15, 0.2) is 0 Å². The van der Waals surface area contributed by atoms with Crippen LogP contribution in [0.4, 0.5) is 11.4 Å². The zero-order valence-corrected chi connectivity index (χ0v) is 14.5. The molecule has 128 valence electrons. The van der Waals surface area contributed by atoms with Crippen molar-refractivity contribution < 1.29 is 9.53 Å². The zero-order chi connectivity index (χ0) is 17.1. The van der Waals surface area contributed by atoms with E-state index in [0.29, 0.717) is 6.42 Å². The Bertz CT molecular complexity index is 715. The predicted molar refractivity (Wildman–Crippen MR) is 94.5 cm³/mol. The molecule has 1 aliphatic heterocycles. The molecule has 0 unspecified atom stereocenters. The minimum atomic E-state index is -0.0201. The molecule has 3 rings (SSSR count). The van der Waals surface area contributed by atoms with Gasteiger partial charge >= 0.3 is 0 Å². The van der Waals surface area contributed by atoms with Gasteiger partial charge in [-0.25, -0.2) is 0 Å². The number of aryl methyl sites for hydroxylation is 2. The molecule has 0 aliphatic carbocycles. The van der Waals surface area contributed by atoms with E-state index in [4.69, 9.17) is 4.74 Å². The van der Waals surface area contributed by atoms with Crippen LogP contribution in [-0.2, 0) is 23.0 Å². The first-order valence-corrected chi connectivity index (χ1v) is 8.26. The second-order valence-corrected chi connectivity index (χ2v) is 6.14. The lowest BCUT2D eigenvalue weighted by atomic mass is 10.1. The molecule has 1 fully saturated rings. The smallest absolute Gasteiger partial charge is 0.228 e. The Hall–Kier alpha value is -2.34. The number of ether oxygens (including phenoxy) is 1. The van der Waals surface area contributed by atoms with Crippen molar-refractivity contribution in [2.24, 2.45) is 7.05 Å². The maximum Gasteiger partial charge on any atom is 0.228 e. The van der Waals surface area contributed by atoms with Crippen molar-refractivity contribution >= 4 is 17.3 Å². The Labute approximate surface area is 142 Å². The van der Waals surface area contributed by atoms with Crippen LogP contribution in [0.2, 0.25) is 0 Å². The molecule has 0 bridgehead atoms. The van der Waals surface area contributed by atoms with E-state index in [1.807, 2.05) is 49.8 Å². The number of nitrogens with zero attached hydrogens (tertiary/aromatic N) is 3. The lowest BCUT2D eigenvalue weighted by Crippen LogP contribution is -2.36. The second kappa shape index (κ2) is 7.05. The highest BCUT2D eigenvalue weighted by atomic mass is 16.5. The third-order valence-corrected chi connectivity index (χ3v) is 4.52. The Kier molecular flexibility index (Phi) is 4.85. The maximum atomic E-state index is 12.3. The van der Waals surface area contributed by atoms with Crippen molar-refractivity contribution in [3.63, 3.8) is 0 Å². The molecule has 6 nitrogen and oxygen atoms in total. The molecule has 0 radical (unpaired) electrons. The molecule has 1 aromatic heterocycles. The lowest BCUT2D eigenvalue weighted by molar-refractivity contribution is -0.115. The van der Waals surface area contributed by atoms with Crippen molar-refractivity contribution in [3.05, 3.63) is 41.2 Å². The van der Waals surface area contributed by atoms with Gasteiger partial charge in [-0.2, -0.15) is 5.10 Å². The van der Waals surface area contributed by atoms with Gasteiger partial charge in [-0.1, -0.05) is 0 Å². The monoisotopic (exact) mass is 328 g/mol. The van der Waals surface area contributed by atoms with Crippen molar-refractivity contribution in [3.8, 4) is 0 Å². The summed E-state index contributed by atoms with van der Waals surface area (Å²) in [5, 5.41) is 7.32. The standard InChI is InChI=1S/C18H24N4O2/c1-13-17(14(2)21(3)20-13)12-18(23)19-15-4-6-16(7-5-15)22-8-10-24-11-9-22/h4-7H,8-12H2,1-3H3,(H,19,23). The molecule has 2 aromatic rings. The number of rotatable bonds is 4. The van der Waals surface area contributed by atoms with Gasteiger partial charge in [-0.05, 0) is 38.1 Å². The summed E-state index contributed by atoms with van der Waals surface area (Å²) in [5.74, 6) is -0.0201. The summed E-state index contributed by atoms with van der Waals surface area (Å²) in [4.78, 5) is 14.6. The van der Waals surface area contributed by atoms with E-state index in [2.05, 4.69) is 15.3 Å². The van der Waals surface area contributed by atoms with Crippen molar-refractivity contribution in [2.75, 3.05) is 36.5 Å². The summed E-state index contributed by atoms with van der Waals surface area (Å²) >= 11 is 0. The molecule has 1 aromatic carbocycles. The Morgan fingerprint density at radius 3 is 2.46 bits per heavy atom. The first-order valence-electron chi connectivity index (χ1n) is 8.26. The van der Waals surface area contributed by atoms with Crippen LogP contribution >= 0.6 is 0 Å². The molecular weight excluding hydrogens is 304 g/mol. The van der Waals surface area contributed by atoms with E-state index in [0.717, 1.165) is 54.6 Å². The van der Waals surface area contributed by atoms with Crippen LogP contribution in [0.25, 0.3) is 0 Å². The number of carbonyl (C=O) groups excluding carboxylic acids is 1. The van der Waals surface area contributed by atoms with Gasteiger partial charge in [0.1, 0.15) is 0 Å². The summed E-state index contributed by atoms with van der Waals surface area (Å²) in [6.07, 6.45) is 0.344. The van der Waals surface area contributed by atoms with Crippen molar-refractivity contribution in [1.29, 1.82) is 0 Å². The van der Waals surface area contributed by atoms with E-state index < -0.39 is 0 Å². The van der Waals surface area contributed by atoms with Gasteiger partial charge in [0.25, 0.3) is 0 Å². The van der Waals surface area contributed by atoms with Gasteiger partial charge in [-0.3, -0.25) is 9.48 Å². The van der Waals surface area contributed by atoms with Crippen LogP contribution in [0.5, 0.6) is 0 Å². The highest BCUT2D eigenvalue weighted by Gasteiger charge is 2.14. The number of carbonyl (C=O) groups is 1. The van der Waals surface area contributed by atoms with Crippen LogP contribution in [0.15, 0.2) is 24.3 Å². The first-order chi connectivity index (χ1) is 11.5. The zero-order valence-electron chi connectivity index (χ0n) is 14.5. The molecular formula is C18H24N4O2. The Morgan fingerprint density at radius 1 is 1.21 bits per heavy atom. The average molecular weight is 328 g/mol. The van der Waals surface area contributed by atoms with Crippen LogP contribution in [0, 0.1) is 13.8 Å². The van der Waals surface area contributed by atoms with Crippen LogP contribution < -0.4 is 10.2 Å². The summed E-state index contributed by atoms with van der Waals surface area (Å²) in [6.45, 7) is 7.27. The quantitative estimate of drug-likeness (QED) is 0.933. The molecule has 0 spiro atoms. The first kappa shape index (κ1) is 16.5. The van der Waals surface area contributed by atoms with Crippen LogP contribution in [0.3, 0.4) is 0 Å². The third kappa shape index (κ3) is 3.59. The largest absolute Gasteiger partial charge is 0.378 e. The summed E-state index contributed by atoms with van der Waals surface area (Å²) < 4.78 is 7.18. The number of amides is 1. The van der Waals surface area contributed by atoms with Crippen molar-refractivity contribution in [2.45, 2.75) is 20.3 Å². The Balaban J connectivity index is 1.62. The molecule has 2 heterocycles. The lowest BCUT2D eigenvalue weighted by Gasteiger charge is -2.28. The van der Waals surface area contributed by atoms with Gasteiger partial charge in [0.05, 0.1) is 25.3 Å². The third-order valence-electron chi connectivity index (χ3n) is 4.52. The maximum absolute atomic E-state index is 12.3. The number of anilines is 2. The number of benzene rings is 1. The predicted octanol–water partition coefficient (Wildman–Crippen LogP) is 2.05. The van der Waals surface area contributed by atoms with E-state index in [1.54, 1.807) is 0 Å². The van der Waals surface area contributed by atoms with E-state index in [9.17, 15) is 4.79 Å². The highest BCUT2D eigenvalue weighted by Crippen LogP contribution is 2.20. The number of hydrogen-bond donors (Lipinski definition) is 1.